The molecule has 2 heterocycles. The maximum atomic E-state index is 13.4. The minimum absolute atomic E-state index is 0.0644. The molecule has 5 heteroatoms. The van der Waals surface area contributed by atoms with Gasteiger partial charge in [0.15, 0.2) is 0 Å². The summed E-state index contributed by atoms with van der Waals surface area (Å²) in [7, 11) is 0. The molecule has 2 saturated heterocycles. The van der Waals surface area contributed by atoms with E-state index in [0.717, 1.165) is 38.0 Å². The molecular formula is C25H31FN2O2. The van der Waals surface area contributed by atoms with Gasteiger partial charge >= 0.3 is 0 Å². The number of hydrogen-bond acceptors (Lipinski definition) is 3. The van der Waals surface area contributed by atoms with Gasteiger partial charge in [0.05, 0.1) is 5.41 Å². The highest BCUT2D eigenvalue weighted by atomic mass is 19.1. The molecule has 1 N–H and O–H groups in total. The molecule has 2 aromatic rings. The molecular weight excluding hydrogens is 379 g/mol. The number of carbonyl (C=O) groups excluding carboxylic acids is 1. The third-order valence-electron chi connectivity index (χ3n) is 6.59. The van der Waals surface area contributed by atoms with E-state index in [1.165, 1.54) is 23.3 Å². The molecule has 0 spiro atoms. The molecule has 4 rings (SSSR count). The van der Waals surface area contributed by atoms with Crippen LogP contribution in [0.15, 0.2) is 48.5 Å². The molecule has 2 aromatic carbocycles. The molecule has 4 nitrogen and oxygen atoms in total. The van der Waals surface area contributed by atoms with Crippen molar-refractivity contribution in [3.63, 3.8) is 0 Å². The van der Waals surface area contributed by atoms with E-state index in [9.17, 15) is 9.18 Å². The number of piperidine rings is 1. The Morgan fingerprint density at radius 3 is 2.50 bits per heavy atom. The van der Waals surface area contributed by atoms with Gasteiger partial charge in [-0.2, -0.15) is 0 Å². The number of rotatable bonds is 5. The van der Waals surface area contributed by atoms with Crippen molar-refractivity contribution in [2.75, 3.05) is 26.3 Å². The van der Waals surface area contributed by atoms with Crippen molar-refractivity contribution in [2.45, 2.75) is 50.6 Å². The number of likely N-dealkylation sites (tertiary alicyclic amines) is 1. The minimum atomic E-state index is -0.620. The lowest BCUT2D eigenvalue weighted by Gasteiger charge is -2.39. The van der Waals surface area contributed by atoms with E-state index >= 15 is 0 Å². The second kappa shape index (κ2) is 9.27. The zero-order chi connectivity index (χ0) is 21.0. The first-order chi connectivity index (χ1) is 14.5. The molecule has 2 aliphatic heterocycles. The van der Waals surface area contributed by atoms with E-state index in [1.807, 2.05) is 0 Å². The third-order valence-corrected chi connectivity index (χ3v) is 6.59. The Hall–Kier alpha value is -2.24. The Bertz CT molecular complexity index is 854. The lowest BCUT2D eigenvalue weighted by molar-refractivity contribution is -0.131. The molecule has 2 aliphatic rings. The minimum Gasteiger partial charge on any atom is -0.381 e. The highest BCUT2D eigenvalue weighted by Crippen LogP contribution is 2.35. The number of hydrogen-bond donors (Lipinski definition) is 1. The summed E-state index contributed by atoms with van der Waals surface area (Å²) >= 11 is 0. The van der Waals surface area contributed by atoms with Crippen LogP contribution in [-0.2, 0) is 21.5 Å². The Kier molecular flexibility index (Phi) is 6.49. The molecule has 160 valence electrons. The normalized spacial score (nSPS) is 20.1. The van der Waals surface area contributed by atoms with Gasteiger partial charge in [-0.3, -0.25) is 9.69 Å². The topological polar surface area (TPSA) is 41.6 Å². The smallest absolute Gasteiger partial charge is 0.231 e. The van der Waals surface area contributed by atoms with Gasteiger partial charge < -0.3 is 10.1 Å². The number of halogens is 1. The van der Waals surface area contributed by atoms with Gasteiger partial charge in [0.1, 0.15) is 5.82 Å². The van der Waals surface area contributed by atoms with Crippen molar-refractivity contribution in [1.82, 2.24) is 10.2 Å². The Morgan fingerprint density at radius 1 is 1.13 bits per heavy atom. The number of benzene rings is 2. The summed E-state index contributed by atoms with van der Waals surface area (Å²) in [4.78, 5) is 15.9. The van der Waals surface area contributed by atoms with Crippen molar-refractivity contribution in [1.29, 1.82) is 0 Å². The maximum Gasteiger partial charge on any atom is 0.231 e. The molecule has 1 amide bonds. The maximum absolute atomic E-state index is 13.4. The van der Waals surface area contributed by atoms with E-state index in [1.54, 1.807) is 12.1 Å². The largest absolute Gasteiger partial charge is 0.381 e. The molecule has 2 fully saturated rings. The van der Waals surface area contributed by atoms with Crippen LogP contribution in [0.3, 0.4) is 0 Å². The first kappa shape index (κ1) is 21.0. The van der Waals surface area contributed by atoms with Gasteiger partial charge in [-0.25, -0.2) is 4.39 Å². The third kappa shape index (κ3) is 4.73. The van der Waals surface area contributed by atoms with Crippen LogP contribution in [0.1, 0.15) is 42.4 Å². The second-order valence-corrected chi connectivity index (χ2v) is 8.71. The number of amides is 1. The first-order valence-electron chi connectivity index (χ1n) is 11.0. The van der Waals surface area contributed by atoms with Gasteiger partial charge in [-0.15, -0.1) is 0 Å². The molecule has 0 saturated carbocycles. The molecule has 0 radical (unpaired) electrons. The van der Waals surface area contributed by atoms with Gasteiger partial charge in [-0.1, -0.05) is 42.0 Å². The van der Waals surface area contributed by atoms with Crippen LogP contribution in [0.25, 0.3) is 0 Å². The van der Waals surface area contributed by atoms with E-state index < -0.39 is 5.41 Å². The van der Waals surface area contributed by atoms with Gasteiger partial charge in [0, 0.05) is 38.9 Å². The highest BCUT2D eigenvalue weighted by Gasteiger charge is 2.42. The Labute approximate surface area is 178 Å². The summed E-state index contributed by atoms with van der Waals surface area (Å²) in [6, 6.07) is 15.2. The van der Waals surface area contributed by atoms with Crippen LogP contribution >= 0.6 is 0 Å². The predicted molar refractivity (Wildman–Crippen MR) is 116 cm³/mol. The van der Waals surface area contributed by atoms with Crippen LogP contribution in [0.2, 0.25) is 0 Å². The van der Waals surface area contributed by atoms with Gasteiger partial charge in [0.2, 0.25) is 5.91 Å². The molecule has 30 heavy (non-hydrogen) atoms. The second-order valence-electron chi connectivity index (χ2n) is 8.71. The van der Waals surface area contributed by atoms with E-state index in [2.05, 4.69) is 41.4 Å². The lowest BCUT2D eigenvalue weighted by atomic mass is 9.73. The van der Waals surface area contributed by atoms with Crippen LogP contribution < -0.4 is 5.32 Å². The quantitative estimate of drug-likeness (QED) is 0.811. The predicted octanol–water partition coefficient (Wildman–Crippen LogP) is 3.96. The molecule has 0 aliphatic carbocycles. The molecule has 0 unspecified atom stereocenters. The average Bonchev–Trinajstić information content (AvgIpc) is 2.76. The zero-order valence-corrected chi connectivity index (χ0v) is 17.7. The SMILES string of the molecule is Cc1cccc(CN2CCC(NC(=O)C3(c4ccc(F)cc4)CCOCC3)CC2)c1. The standard InChI is InChI=1S/C25H31FN2O2/c1-19-3-2-4-20(17-19)18-28-13-9-23(10-14-28)27-24(29)25(11-15-30-16-12-25)21-5-7-22(26)8-6-21/h2-8,17,23H,9-16,18H2,1H3,(H,27,29). The van der Waals surface area contributed by atoms with Crippen molar-refractivity contribution in [3.8, 4) is 0 Å². The van der Waals surface area contributed by atoms with Crippen molar-refractivity contribution >= 4 is 5.91 Å². The summed E-state index contributed by atoms with van der Waals surface area (Å²) in [6.07, 6.45) is 3.18. The lowest BCUT2D eigenvalue weighted by Crippen LogP contribution is -2.53. The number of ether oxygens (including phenoxy) is 1. The first-order valence-corrected chi connectivity index (χ1v) is 11.0. The zero-order valence-electron chi connectivity index (χ0n) is 17.7. The summed E-state index contributed by atoms with van der Waals surface area (Å²) < 4.78 is 19.0. The number of nitrogens with zero attached hydrogens (tertiary/aromatic N) is 1. The number of aryl methyl sites for hydroxylation is 1. The fraction of sp³-hybridized carbons (Fsp3) is 0.480. The van der Waals surface area contributed by atoms with Crippen LogP contribution in [0, 0.1) is 12.7 Å². The van der Waals surface area contributed by atoms with E-state index in [4.69, 9.17) is 4.74 Å². The molecule has 0 aromatic heterocycles. The Balaban J connectivity index is 1.37. The number of nitrogens with one attached hydrogen (secondary N) is 1. The summed E-state index contributed by atoms with van der Waals surface area (Å²) in [5.41, 5.74) is 2.90. The summed E-state index contributed by atoms with van der Waals surface area (Å²) in [5.74, 6) is -0.211. The summed E-state index contributed by atoms with van der Waals surface area (Å²) in [6.45, 7) is 6.15. The molecule has 0 atom stereocenters. The van der Waals surface area contributed by atoms with E-state index in [-0.39, 0.29) is 17.8 Å². The van der Waals surface area contributed by atoms with Crippen molar-refractivity contribution < 1.29 is 13.9 Å². The van der Waals surface area contributed by atoms with Crippen LogP contribution in [0.5, 0.6) is 0 Å². The fourth-order valence-corrected chi connectivity index (χ4v) is 4.76. The average molecular weight is 411 g/mol. The van der Waals surface area contributed by atoms with Crippen molar-refractivity contribution in [3.05, 3.63) is 71.0 Å². The summed E-state index contributed by atoms with van der Waals surface area (Å²) in [5, 5.41) is 3.32. The van der Waals surface area contributed by atoms with Crippen molar-refractivity contribution in [2.24, 2.45) is 0 Å². The van der Waals surface area contributed by atoms with Gasteiger partial charge in [-0.05, 0) is 55.9 Å². The highest BCUT2D eigenvalue weighted by molar-refractivity contribution is 5.88. The van der Waals surface area contributed by atoms with Gasteiger partial charge in [0.25, 0.3) is 0 Å². The number of carbonyl (C=O) groups is 1. The van der Waals surface area contributed by atoms with Crippen LogP contribution in [-0.4, -0.2) is 43.2 Å². The monoisotopic (exact) mass is 410 g/mol. The fourth-order valence-electron chi connectivity index (χ4n) is 4.76. The van der Waals surface area contributed by atoms with E-state index in [0.29, 0.717) is 26.1 Å². The van der Waals surface area contributed by atoms with Crippen LogP contribution in [0.4, 0.5) is 4.39 Å². The molecule has 0 bridgehead atoms. The Morgan fingerprint density at radius 2 is 1.83 bits per heavy atom.